The molecule has 3 aliphatic rings. The first kappa shape index (κ1) is 14.3. The van der Waals surface area contributed by atoms with Gasteiger partial charge >= 0.3 is 0 Å². The molecule has 4 heteroatoms. The van der Waals surface area contributed by atoms with E-state index in [2.05, 4.69) is 22.5 Å². The first-order chi connectivity index (χ1) is 9.78. The lowest BCUT2D eigenvalue weighted by molar-refractivity contribution is -0.127. The molecule has 4 nitrogen and oxygen atoms in total. The number of rotatable bonds is 4. The molecule has 3 heterocycles. The first-order valence-electron chi connectivity index (χ1n) is 8.57. The zero-order valence-corrected chi connectivity index (χ0v) is 12.7. The van der Waals surface area contributed by atoms with Gasteiger partial charge in [-0.2, -0.15) is 0 Å². The predicted octanol–water partition coefficient (Wildman–Crippen LogP) is 1.65. The third-order valence-electron chi connectivity index (χ3n) is 5.31. The van der Waals surface area contributed by atoms with E-state index in [0.717, 1.165) is 32.4 Å². The van der Waals surface area contributed by atoms with Crippen molar-refractivity contribution in [1.82, 2.24) is 15.5 Å². The molecule has 3 saturated heterocycles. The lowest BCUT2D eigenvalue weighted by Crippen LogP contribution is -2.55. The fourth-order valence-electron chi connectivity index (χ4n) is 4.39. The van der Waals surface area contributed by atoms with Gasteiger partial charge in [0.1, 0.15) is 0 Å². The molecule has 1 amide bonds. The zero-order valence-electron chi connectivity index (χ0n) is 12.7. The van der Waals surface area contributed by atoms with Crippen molar-refractivity contribution in [2.24, 2.45) is 0 Å². The van der Waals surface area contributed by atoms with Crippen LogP contribution < -0.4 is 10.6 Å². The predicted molar refractivity (Wildman–Crippen MR) is 80.6 cm³/mol. The van der Waals surface area contributed by atoms with Crippen molar-refractivity contribution in [3.63, 3.8) is 0 Å². The summed E-state index contributed by atoms with van der Waals surface area (Å²) in [5.74, 6) is 0.279. The minimum absolute atomic E-state index is 0.125. The number of nitrogens with zero attached hydrogens (tertiary/aromatic N) is 1. The van der Waals surface area contributed by atoms with E-state index in [1.165, 1.54) is 32.1 Å². The number of piperidine rings is 1. The average molecular weight is 279 g/mol. The van der Waals surface area contributed by atoms with Crippen molar-refractivity contribution in [2.75, 3.05) is 13.1 Å². The van der Waals surface area contributed by atoms with Crippen LogP contribution in [0.25, 0.3) is 0 Å². The first-order valence-corrected chi connectivity index (χ1v) is 8.57. The summed E-state index contributed by atoms with van der Waals surface area (Å²) in [6, 6.07) is 2.14. The van der Waals surface area contributed by atoms with Crippen LogP contribution >= 0.6 is 0 Å². The minimum Gasteiger partial charge on any atom is -0.355 e. The molecule has 0 spiro atoms. The summed E-state index contributed by atoms with van der Waals surface area (Å²) in [6.07, 6.45) is 9.64. The van der Waals surface area contributed by atoms with Crippen LogP contribution in [0.4, 0.5) is 0 Å². The monoisotopic (exact) mass is 279 g/mol. The highest BCUT2D eigenvalue weighted by molar-refractivity contribution is 5.82. The molecule has 3 unspecified atom stereocenters. The Kier molecular flexibility index (Phi) is 4.61. The van der Waals surface area contributed by atoms with Gasteiger partial charge in [0.15, 0.2) is 0 Å². The molecule has 0 aromatic heterocycles. The Morgan fingerprint density at radius 3 is 2.60 bits per heavy atom. The van der Waals surface area contributed by atoms with E-state index >= 15 is 0 Å². The van der Waals surface area contributed by atoms with Crippen LogP contribution in [-0.2, 0) is 4.79 Å². The topological polar surface area (TPSA) is 44.4 Å². The van der Waals surface area contributed by atoms with Crippen LogP contribution in [0.15, 0.2) is 0 Å². The highest BCUT2D eigenvalue weighted by Crippen LogP contribution is 2.31. The van der Waals surface area contributed by atoms with E-state index in [0.29, 0.717) is 18.1 Å². The van der Waals surface area contributed by atoms with Crippen LogP contribution in [0, 0.1) is 0 Å². The molecular formula is C16H29N3O. The highest BCUT2D eigenvalue weighted by atomic mass is 16.2. The molecule has 2 N–H and O–H groups in total. The number of nitrogens with one attached hydrogen (secondary N) is 2. The maximum Gasteiger partial charge on any atom is 0.237 e. The molecule has 0 aliphatic carbocycles. The van der Waals surface area contributed by atoms with Gasteiger partial charge in [0, 0.05) is 24.7 Å². The fraction of sp³-hybridized carbons (Fsp3) is 0.938. The van der Waals surface area contributed by atoms with Gasteiger partial charge in [-0.15, -0.1) is 0 Å². The Morgan fingerprint density at radius 2 is 1.90 bits per heavy atom. The average Bonchev–Trinajstić information content (AvgIpc) is 2.66. The third-order valence-corrected chi connectivity index (χ3v) is 5.31. The largest absolute Gasteiger partial charge is 0.355 e. The molecule has 2 bridgehead atoms. The van der Waals surface area contributed by atoms with Gasteiger partial charge in [0.2, 0.25) is 5.91 Å². The Hall–Kier alpha value is -0.610. The second kappa shape index (κ2) is 6.44. The van der Waals surface area contributed by atoms with E-state index in [9.17, 15) is 4.79 Å². The van der Waals surface area contributed by atoms with Gasteiger partial charge in [-0.3, -0.25) is 9.69 Å². The number of fused-ring (bicyclic) bond motifs is 2. The Labute approximate surface area is 122 Å². The number of amides is 1. The van der Waals surface area contributed by atoms with Crippen molar-refractivity contribution in [2.45, 2.75) is 82.5 Å². The maximum atomic E-state index is 12.4. The molecule has 0 aromatic rings. The number of hydrogen-bond acceptors (Lipinski definition) is 3. The Balaban J connectivity index is 1.72. The van der Waals surface area contributed by atoms with E-state index < -0.39 is 0 Å². The Bertz CT molecular complexity index is 335. The van der Waals surface area contributed by atoms with Crippen molar-refractivity contribution < 1.29 is 4.79 Å². The summed E-state index contributed by atoms with van der Waals surface area (Å²) in [6.45, 7) is 4.17. The van der Waals surface area contributed by atoms with E-state index in [-0.39, 0.29) is 11.9 Å². The molecule has 114 valence electrons. The van der Waals surface area contributed by atoms with Crippen LogP contribution in [0.2, 0.25) is 0 Å². The molecule has 20 heavy (non-hydrogen) atoms. The van der Waals surface area contributed by atoms with Gasteiger partial charge in [-0.25, -0.2) is 0 Å². The van der Waals surface area contributed by atoms with Crippen molar-refractivity contribution in [3.05, 3.63) is 0 Å². The number of hydrogen-bond donors (Lipinski definition) is 2. The summed E-state index contributed by atoms with van der Waals surface area (Å²) in [7, 11) is 0. The van der Waals surface area contributed by atoms with E-state index in [1.54, 1.807) is 0 Å². The maximum absolute atomic E-state index is 12.4. The third kappa shape index (κ3) is 3.01. The molecule has 3 rings (SSSR count). The van der Waals surface area contributed by atoms with Crippen molar-refractivity contribution in [3.8, 4) is 0 Å². The summed E-state index contributed by atoms with van der Waals surface area (Å²) in [4.78, 5) is 14.9. The summed E-state index contributed by atoms with van der Waals surface area (Å²) in [5, 5.41) is 6.83. The van der Waals surface area contributed by atoms with Gasteiger partial charge < -0.3 is 10.6 Å². The molecule has 3 fully saturated rings. The summed E-state index contributed by atoms with van der Waals surface area (Å²) in [5.41, 5.74) is 0. The lowest BCUT2D eigenvalue weighted by Gasteiger charge is -2.41. The van der Waals surface area contributed by atoms with Gasteiger partial charge in [-0.1, -0.05) is 6.92 Å². The van der Waals surface area contributed by atoms with Crippen LogP contribution in [0.5, 0.6) is 0 Å². The number of carbonyl (C=O) groups is 1. The Morgan fingerprint density at radius 1 is 1.15 bits per heavy atom. The van der Waals surface area contributed by atoms with Crippen molar-refractivity contribution in [1.29, 1.82) is 0 Å². The van der Waals surface area contributed by atoms with E-state index in [4.69, 9.17) is 0 Å². The van der Waals surface area contributed by atoms with Crippen molar-refractivity contribution >= 4 is 5.91 Å². The van der Waals surface area contributed by atoms with Crippen LogP contribution in [0.3, 0.4) is 0 Å². The highest BCUT2D eigenvalue weighted by Gasteiger charge is 2.39. The molecule has 0 saturated carbocycles. The quantitative estimate of drug-likeness (QED) is 0.822. The molecule has 0 radical (unpaired) electrons. The molecule has 3 atom stereocenters. The molecular weight excluding hydrogens is 250 g/mol. The SMILES string of the molecule is CCCN(C1CC2CCC(C1)N2)C1CCCCNC1=O. The van der Waals surface area contributed by atoms with Crippen LogP contribution in [-0.4, -0.2) is 48.1 Å². The molecule has 3 aliphatic heterocycles. The standard InChI is InChI=1S/C16H29N3O/c1-2-9-19(15-5-3-4-8-17-16(15)20)14-10-12-6-7-13(11-14)18-12/h12-15,18H,2-11H2,1H3,(H,17,20). The van der Waals surface area contributed by atoms with Gasteiger partial charge in [0.05, 0.1) is 6.04 Å². The second-order valence-corrected chi connectivity index (χ2v) is 6.80. The summed E-state index contributed by atoms with van der Waals surface area (Å²) >= 11 is 0. The summed E-state index contributed by atoms with van der Waals surface area (Å²) < 4.78 is 0. The normalized spacial score (nSPS) is 37.8. The molecule has 0 aromatic carbocycles. The number of carbonyl (C=O) groups excluding carboxylic acids is 1. The second-order valence-electron chi connectivity index (χ2n) is 6.80. The minimum atomic E-state index is 0.125. The lowest BCUT2D eigenvalue weighted by atomic mass is 9.95. The van der Waals surface area contributed by atoms with E-state index in [1.807, 2.05) is 0 Å². The van der Waals surface area contributed by atoms with Gasteiger partial charge in [0.25, 0.3) is 0 Å². The van der Waals surface area contributed by atoms with Gasteiger partial charge in [-0.05, 0) is 57.9 Å². The smallest absolute Gasteiger partial charge is 0.237 e. The fourth-order valence-corrected chi connectivity index (χ4v) is 4.39. The zero-order chi connectivity index (χ0) is 13.9. The van der Waals surface area contributed by atoms with Crippen LogP contribution in [0.1, 0.15) is 58.3 Å².